The molecule has 0 amide bonds. The third-order valence-corrected chi connectivity index (χ3v) is 4.57. The summed E-state index contributed by atoms with van der Waals surface area (Å²) in [6, 6.07) is 1.23. The normalized spacial score (nSPS) is 19.6. The van der Waals surface area contributed by atoms with Crippen LogP contribution in [0.2, 0.25) is 0 Å². The maximum absolute atomic E-state index is 11.3. The van der Waals surface area contributed by atoms with Gasteiger partial charge in [-0.05, 0) is 25.7 Å². The van der Waals surface area contributed by atoms with E-state index in [2.05, 4.69) is 31.4 Å². The third kappa shape index (κ3) is 3.01. The van der Waals surface area contributed by atoms with Crippen molar-refractivity contribution in [2.75, 3.05) is 16.8 Å². The van der Waals surface area contributed by atoms with Crippen LogP contribution in [0.25, 0.3) is 0 Å². The van der Waals surface area contributed by atoms with Gasteiger partial charge in [0.15, 0.2) is 11.6 Å². The first-order valence-corrected chi connectivity index (χ1v) is 8.29. The second-order valence-corrected chi connectivity index (χ2v) is 6.35. The highest BCUT2D eigenvalue weighted by molar-refractivity contribution is 5.76. The minimum absolute atomic E-state index is 0.325. The molecule has 128 valence electrons. The molecular formula is C17H17N6O2-. The lowest BCUT2D eigenvalue weighted by Gasteiger charge is -2.25. The number of aromatic amines is 1. The maximum atomic E-state index is 11.3. The average Bonchev–Trinajstić information content (AvgIpc) is 3.15. The lowest BCUT2D eigenvalue weighted by atomic mass is 10.2. The van der Waals surface area contributed by atoms with Crippen LogP contribution in [0.4, 0.5) is 17.6 Å². The number of H-pyrrole nitrogens is 1. The molecule has 8 nitrogen and oxygen atoms in total. The van der Waals surface area contributed by atoms with Crippen molar-refractivity contribution < 1.29 is 9.90 Å². The van der Waals surface area contributed by atoms with Gasteiger partial charge in [0.05, 0.1) is 23.8 Å². The molecule has 0 bridgehead atoms. The Bertz CT molecular complexity index is 851. The zero-order chi connectivity index (χ0) is 17.4. The van der Waals surface area contributed by atoms with E-state index < -0.39 is 12.0 Å². The van der Waals surface area contributed by atoms with E-state index in [0.717, 1.165) is 12.1 Å². The van der Waals surface area contributed by atoms with Gasteiger partial charge in [-0.1, -0.05) is 5.92 Å². The first-order chi connectivity index (χ1) is 12.2. The Morgan fingerprint density at radius 3 is 3.00 bits per heavy atom. The van der Waals surface area contributed by atoms with Gasteiger partial charge in [-0.2, -0.15) is 10.1 Å². The Morgan fingerprint density at radius 1 is 1.44 bits per heavy atom. The molecule has 3 heterocycles. The molecule has 0 aromatic carbocycles. The molecule has 25 heavy (non-hydrogen) atoms. The highest BCUT2D eigenvalue weighted by Crippen LogP contribution is 2.39. The summed E-state index contributed by atoms with van der Waals surface area (Å²) in [4.78, 5) is 21.6. The number of rotatable bonds is 5. The highest BCUT2D eigenvalue weighted by Gasteiger charge is 2.28. The van der Waals surface area contributed by atoms with Gasteiger partial charge in [0.2, 0.25) is 5.95 Å². The number of carboxylic acids is 1. The Morgan fingerprint density at radius 2 is 2.28 bits per heavy atom. The summed E-state index contributed by atoms with van der Waals surface area (Å²) in [5.41, 5.74) is 1.58. The fraction of sp³-hybridized carbons (Fsp3) is 0.412. The highest BCUT2D eigenvalue weighted by atomic mass is 16.4. The number of aromatic nitrogens is 4. The smallest absolute Gasteiger partial charge is 0.227 e. The van der Waals surface area contributed by atoms with Gasteiger partial charge in [-0.15, -0.1) is 6.42 Å². The lowest BCUT2D eigenvalue weighted by molar-refractivity contribution is -0.307. The van der Waals surface area contributed by atoms with Crippen molar-refractivity contribution >= 4 is 23.6 Å². The van der Waals surface area contributed by atoms with E-state index >= 15 is 0 Å². The summed E-state index contributed by atoms with van der Waals surface area (Å²) in [6.45, 7) is 0.571. The SMILES string of the molecule is C#Cc1cnc(N2CCCC2C(=O)[O-])nc1Nc1cc(C2CC2)[nH]n1. The number of aliphatic carboxylic acids is 1. The van der Waals surface area contributed by atoms with Gasteiger partial charge in [-0.25, -0.2) is 4.98 Å². The van der Waals surface area contributed by atoms with Crippen molar-refractivity contribution in [3.63, 3.8) is 0 Å². The molecule has 2 aliphatic rings. The van der Waals surface area contributed by atoms with Gasteiger partial charge >= 0.3 is 0 Å². The van der Waals surface area contributed by atoms with Gasteiger partial charge in [-0.3, -0.25) is 5.10 Å². The predicted octanol–water partition coefficient (Wildman–Crippen LogP) is 0.521. The monoisotopic (exact) mass is 337 g/mol. The van der Waals surface area contributed by atoms with E-state index in [1.165, 1.54) is 19.0 Å². The molecule has 1 saturated heterocycles. The van der Waals surface area contributed by atoms with Crippen molar-refractivity contribution in [1.29, 1.82) is 0 Å². The van der Waals surface area contributed by atoms with Gasteiger partial charge in [0.1, 0.15) is 0 Å². The molecule has 2 aromatic heterocycles. The first-order valence-electron chi connectivity index (χ1n) is 8.29. The maximum Gasteiger partial charge on any atom is 0.227 e. The van der Waals surface area contributed by atoms with Crippen LogP contribution < -0.4 is 15.3 Å². The fourth-order valence-corrected chi connectivity index (χ4v) is 3.09. The zero-order valence-corrected chi connectivity index (χ0v) is 13.5. The summed E-state index contributed by atoms with van der Waals surface area (Å²) in [6.07, 6.45) is 10.7. The van der Waals surface area contributed by atoms with Crippen LogP contribution in [-0.4, -0.2) is 38.7 Å². The first kappa shape index (κ1) is 15.4. The molecule has 4 rings (SSSR count). The average molecular weight is 337 g/mol. The molecule has 0 spiro atoms. The fourth-order valence-electron chi connectivity index (χ4n) is 3.09. The molecule has 1 unspecified atom stereocenters. The van der Waals surface area contributed by atoms with Crippen LogP contribution in [0.3, 0.4) is 0 Å². The van der Waals surface area contributed by atoms with Crippen molar-refractivity contribution in [1.82, 2.24) is 20.2 Å². The number of terminal acetylenes is 1. The Balaban J connectivity index is 1.61. The Hall–Kier alpha value is -3.08. The topological polar surface area (TPSA) is 110 Å². The van der Waals surface area contributed by atoms with Gasteiger partial charge in [0.25, 0.3) is 0 Å². The van der Waals surface area contributed by atoms with Crippen LogP contribution in [0, 0.1) is 12.3 Å². The number of carbonyl (C=O) groups is 1. The van der Waals surface area contributed by atoms with E-state index in [0.29, 0.717) is 42.0 Å². The van der Waals surface area contributed by atoms with Crippen molar-refractivity contribution in [2.45, 2.75) is 37.6 Å². The summed E-state index contributed by atoms with van der Waals surface area (Å²) in [5, 5.41) is 21.6. The zero-order valence-electron chi connectivity index (χ0n) is 13.5. The summed E-state index contributed by atoms with van der Waals surface area (Å²) in [7, 11) is 0. The quantitative estimate of drug-likeness (QED) is 0.765. The molecule has 2 fully saturated rings. The number of nitrogens with zero attached hydrogens (tertiary/aromatic N) is 4. The lowest BCUT2D eigenvalue weighted by Crippen LogP contribution is -2.45. The van der Waals surface area contributed by atoms with Crippen LogP contribution >= 0.6 is 0 Å². The summed E-state index contributed by atoms with van der Waals surface area (Å²) in [5.74, 6) is 3.37. The molecule has 1 aliphatic heterocycles. The molecule has 2 aromatic rings. The van der Waals surface area contributed by atoms with E-state index in [1.807, 2.05) is 6.07 Å². The minimum Gasteiger partial charge on any atom is -0.548 e. The van der Waals surface area contributed by atoms with Crippen LogP contribution in [0.5, 0.6) is 0 Å². The molecule has 0 radical (unpaired) electrons. The van der Waals surface area contributed by atoms with Crippen molar-refractivity contribution in [3.05, 3.63) is 23.5 Å². The number of anilines is 3. The molecular weight excluding hydrogens is 320 g/mol. The molecule has 1 aliphatic carbocycles. The summed E-state index contributed by atoms with van der Waals surface area (Å²) >= 11 is 0. The van der Waals surface area contributed by atoms with E-state index in [-0.39, 0.29) is 0 Å². The number of hydrogen-bond donors (Lipinski definition) is 2. The third-order valence-electron chi connectivity index (χ3n) is 4.57. The van der Waals surface area contributed by atoms with E-state index in [1.54, 1.807) is 4.90 Å². The van der Waals surface area contributed by atoms with E-state index in [4.69, 9.17) is 6.42 Å². The number of carboxylic acid groups (broad SMARTS) is 1. The van der Waals surface area contributed by atoms with Crippen LogP contribution in [-0.2, 0) is 4.79 Å². The van der Waals surface area contributed by atoms with Crippen molar-refractivity contribution in [2.24, 2.45) is 0 Å². The second-order valence-electron chi connectivity index (χ2n) is 6.35. The molecule has 8 heteroatoms. The molecule has 1 atom stereocenters. The van der Waals surface area contributed by atoms with E-state index in [9.17, 15) is 9.90 Å². The van der Waals surface area contributed by atoms with Gasteiger partial charge < -0.3 is 20.1 Å². The van der Waals surface area contributed by atoms with Crippen LogP contribution in [0.15, 0.2) is 12.3 Å². The number of hydrogen-bond acceptors (Lipinski definition) is 7. The molecule has 1 saturated carbocycles. The number of nitrogens with one attached hydrogen (secondary N) is 2. The summed E-state index contributed by atoms with van der Waals surface area (Å²) < 4.78 is 0. The minimum atomic E-state index is -1.11. The standard InChI is InChI=1S/C17H18N6O2/c1-2-10-9-18-17(23-7-3-4-13(23)16(24)25)20-15(10)19-14-8-12(21-22-14)11-5-6-11/h1,8-9,11,13H,3-7H2,(H,24,25)(H2,18,19,20,21,22)/p-1. The largest absolute Gasteiger partial charge is 0.548 e. The van der Waals surface area contributed by atoms with Crippen molar-refractivity contribution in [3.8, 4) is 12.3 Å². The van der Waals surface area contributed by atoms with Crippen LogP contribution in [0.1, 0.15) is 42.9 Å². The van der Waals surface area contributed by atoms with Gasteiger partial charge in [0, 0.05) is 24.2 Å². The predicted molar refractivity (Wildman–Crippen MR) is 89.2 cm³/mol. The molecule has 2 N–H and O–H groups in total. The second kappa shape index (κ2) is 6.09. The number of carbonyl (C=O) groups excluding carboxylic acids is 1. The Labute approximate surface area is 144 Å². The Kier molecular flexibility index (Phi) is 3.76.